The minimum Gasteiger partial charge on any atom is -0.386 e. The first-order valence-corrected chi connectivity index (χ1v) is 4.02. The molecule has 0 saturated carbocycles. The minimum absolute atomic E-state index is 0.572. The van der Waals surface area contributed by atoms with Crippen molar-refractivity contribution in [2.24, 2.45) is 0 Å². The van der Waals surface area contributed by atoms with Crippen LogP contribution in [0.15, 0.2) is 37.2 Å². The van der Waals surface area contributed by atoms with Crippen LogP contribution in [0.3, 0.4) is 0 Å². The molecule has 0 fully saturated rings. The monoisotopic (exact) mass is 179 g/mol. The van der Waals surface area contributed by atoms with E-state index in [0.29, 0.717) is 5.56 Å². The summed E-state index contributed by atoms with van der Waals surface area (Å²) in [5, 5.41) is 19.3. The lowest BCUT2D eigenvalue weighted by molar-refractivity contribution is -0.0424. The third kappa shape index (κ3) is 1.94. The Bertz CT molecular complexity index is 282. The predicted molar refractivity (Wildman–Crippen MR) is 50.0 cm³/mol. The average Bonchev–Trinajstić information content (AvgIpc) is 2.18. The van der Waals surface area contributed by atoms with Crippen LogP contribution in [0, 0.1) is 0 Å². The van der Waals surface area contributed by atoms with Crippen molar-refractivity contribution in [1.29, 1.82) is 0 Å². The Hall–Kier alpha value is -1.19. The summed E-state index contributed by atoms with van der Waals surface area (Å²) in [6.45, 7) is 4.95. The van der Waals surface area contributed by atoms with Crippen molar-refractivity contribution in [2.45, 2.75) is 18.6 Å². The zero-order valence-corrected chi connectivity index (χ0v) is 7.51. The predicted octanol–water partition coefficient (Wildman–Crippen LogP) is 0.836. The van der Waals surface area contributed by atoms with E-state index < -0.39 is 11.7 Å². The Labute approximate surface area is 77.4 Å². The summed E-state index contributed by atoms with van der Waals surface area (Å²) in [4.78, 5) is 3.86. The van der Waals surface area contributed by atoms with Gasteiger partial charge in [0.15, 0.2) is 0 Å². The quantitative estimate of drug-likeness (QED) is 0.676. The van der Waals surface area contributed by atoms with Crippen LogP contribution in [-0.4, -0.2) is 21.3 Å². The summed E-state index contributed by atoms with van der Waals surface area (Å²) in [5.74, 6) is 0. The summed E-state index contributed by atoms with van der Waals surface area (Å²) >= 11 is 0. The fourth-order valence-corrected chi connectivity index (χ4v) is 1.06. The highest BCUT2D eigenvalue weighted by molar-refractivity contribution is 5.20. The lowest BCUT2D eigenvalue weighted by Gasteiger charge is -2.26. The molecule has 0 bridgehead atoms. The largest absolute Gasteiger partial charge is 0.386 e. The van der Waals surface area contributed by atoms with Gasteiger partial charge < -0.3 is 10.2 Å². The van der Waals surface area contributed by atoms with Gasteiger partial charge in [0.1, 0.15) is 11.7 Å². The van der Waals surface area contributed by atoms with Crippen molar-refractivity contribution in [3.8, 4) is 0 Å². The van der Waals surface area contributed by atoms with Gasteiger partial charge in [0.2, 0.25) is 0 Å². The van der Waals surface area contributed by atoms with E-state index in [1.54, 1.807) is 18.3 Å². The van der Waals surface area contributed by atoms with Crippen molar-refractivity contribution in [2.75, 3.05) is 0 Å². The number of aliphatic hydroxyl groups is 2. The third-order valence-electron chi connectivity index (χ3n) is 2.05. The molecule has 0 amide bonds. The lowest BCUT2D eigenvalue weighted by Crippen LogP contribution is -2.34. The molecule has 2 N–H and O–H groups in total. The van der Waals surface area contributed by atoms with Crippen molar-refractivity contribution in [3.63, 3.8) is 0 Å². The normalized spacial score (nSPS) is 17.5. The fraction of sp³-hybridized carbons (Fsp3) is 0.300. The number of rotatable bonds is 3. The topological polar surface area (TPSA) is 53.4 Å². The summed E-state index contributed by atoms with van der Waals surface area (Å²) in [7, 11) is 0. The molecule has 0 aromatic carbocycles. The molecule has 70 valence electrons. The Kier molecular flexibility index (Phi) is 2.80. The van der Waals surface area contributed by atoms with Gasteiger partial charge in [-0.15, -0.1) is 6.58 Å². The summed E-state index contributed by atoms with van der Waals surface area (Å²) in [6, 6.07) is 3.42. The van der Waals surface area contributed by atoms with Gasteiger partial charge in [0, 0.05) is 18.0 Å². The lowest BCUT2D eigenvalue weighted by atomic mass is 9.91. The molecule has 0 aliphatic carbocycles. The fourth-order valence-electron chi connectivity index (χ4n) is 1.06. The number of aromatic nitrogens is 1. The van der Waals surface area contributed by atoms with Crippen LogP contribution in [0.5, 0.6) is 0 Å². The molecular formula is C10H13NO2. The SMILES string of the molecule is C=CC(O)C(C)(O)c1cccnc1. The highest BCUT2D eigenvalue weighted by atomic mass is 16.3. The molecule has 0 radical (unpaired) electrons. The van der Waals surface area contributed by atoms with Crippen LogP contribution in [0.25, 0.3) is 0 Å². The second-order valence-electron chi connectivity index (χ2n) is 3.07. The second-order valence-corrected chi connectivity index (χ2v) is 3.07. The van der Waals surface area contributed by atoms with Crippen LogP contribution in [0.4, 0.5) is 0 Å². The number of nitrogens with zero attached hydrogens (tertiary/aromatic N) is 1. The molecule has 13 heavy (non-hydrogen) atoms. The standard InChI is InChI=1S/C10H13NO2/c1-3-9(12)10(2,13)8-5-4-6-11-7-8/h3-7,9,12-13H,1H2,2H3. The van der Waals surface area contributed by atoms with E-state index in [2.05, 4.69) is 11.6 Å². The zero-order valence-electron chi connectivity index (χ0n) is 7.51. The van der Waals surface area contributed by atoms with Gasteiger partial charge in [-0.25, -0.2) is 0 Å². The van der Waals surface area contributed by atoms with Crippen LogP contribution in [0.2, 0.25) is 0 Å². The minimum atomic E-state index is -1.32. The molecule has 2 unspecified atom stereocenters. The van der Waals surface area contributed by atoms with E-state index >= 15 is 0 Å². The van der Waals surface area contributed by atoms with Gasteiger partial charge in [0.25, 0.3) is 0 Å². The number of hydrogen-bond acceptors (Lipinski definition) is 3. The maximum Gasteiger partial charge on any atom is 0.118 e. The third-order valence-corrected chi connectivity index (χ3v) is 2.05. The van der Waals surface area contributed by atoms with Gasteiger partial charge in [-0.05, 0) is 13.0 Å². The molecule has 1 aromatic heterocycles. The van der Waals surface area contributed by atoms with E-state index in [1.807, 2.05) is 0 Å². The first-order chi connectivity index (χ1) is 6.09. The van der Waals surface area contributed by atoms with Gasteiger partial charge in [-0.2, -0.15) is 0 Å². The molecule has 1 aromatic rings. The highest BCUT2D eigenvalue weighted by Crippen LogP contribution is 2.23. The zero-order chi connectivity index (χ0) is 9.90. The molecule has 0 aliphatic rings. The molecule has 0 aliphatic heterocycles. The van der Waals surface area contributed by atoms with E-state index in [4.69, 9.17) is 0 Å². The van der Waals surface area contributed by atoms with Crippen LogP contribution in [-0.2, 0) is 5.60 Å². The van der Waals surface area contributed by atoms with Crippen molar-refractivity contribution >= 4 is 0 Å². The van der Waals surface area contributed by atoms with E-state index in [0.717, 1.165) is 0 Å². The number of hydrogen-bond donors (Lipinski definition) is 2. The number of aliphatic hydroxyl groups excluding tert-OH is 1. The van der Waals surface area contributed by atoms with Crippen molar-refractivity contribution in [1.82, 2.24) is 4.98 Å². The summed E-state index contributed by atoms with van der Waals surface area (Å²) < 4.78 is 0. The van der Waals surface area contributed by atoms with Crippen LogP contribution < -0.4 is 0 Å². The van der Waals surface area contributed by atoms with Gasteiger partial charge in [-0.3, -0.25) is 4.98 Å². The van der Waals surface area contributed by atoms with E-state index in [9.17, 15) is 10.2 Å². The molecule has 3 heteroatoms. The van der Waals surface area contributed by atoms with E-state index in [1.165, 1.54) is 19.2 Å². The van der Waals surface area contributed by atoms with Gasteiger partial charge >= 0.3 is 0 Å². The second kappa shape index (κ2) is 3.68. The molecular weight excluding hydrogens is 166 g/mol. The van der Waals surface area contributed by atoms with E-state index in [-0.39, 0.29) is 0 Å². The maximum absolute atomic E-state index is 9.89. The Morgan fingerprint density at radius 1 is 1.69 bits per heavy atom. The molecule has 3 nitrogen and oxygen atoms in total. The number of pyridine rings is 1. The molecule has 1 rings (SSSR count). The Balaban J connectivity index is 3.00. The first-order valence-electron chi connectivity index (χ1n) is 4.02. The summed E-state index contributed by atoms with van der Waals surface area (Å²) in [5.41, 5.74) is -0.752. The van der Waals surface area contributed by atoms with Gasteiger partial charge in [-0.1, -0.05) is 12.1 Å². The highest BCUT2D eigenvalue weighted by Gasteiger charge is 2.30. The molecule has 2 atom stereocenters. The maximum atomic E-state index is 9.89. The average molecular weight is 179 g/mol. The van der Waals surface area contributed by atoms with Crippen LogP contribution >= 0.6 is 0 Å². The Morgan fingerprint density at radius 3 is 2.85 bits per heavy atom. The van der Waals surface area contributed by atoms with Gasteiger partial charge in [0.05, 0.1) is 0 Å². The Morgan fingerprint density at radius 2 is 2.38 bits per heavy atom. The summed E-state index contributed by atoms with van der Waals surface area (Å²) in [6.07, 6.45) is 3.44. The molecule has 0 spiro atoms. The van der Waals surface area contributed by atoms with Crippen molar-refractivity contribution < 1.29 is 10.2 Å². The first kappa shape index (κ1) is 9.89. The van der Waals surface area contributed by atoms with Crippen LogP contribution in [0.1, 0.15) is 12.5 Å². The smallest absolute Gasteiger partial charge is 0.118 e. The molecule has 1 heterocycles. The van der Waals surface area contributed by atoms with Crippen molar-refractivity contribution in [3.05, 3.63) is 42.7 Å². The molecule has 0 saturated heterocycles.